The van der Waals surface area contributed by atoms with Crippen LogP contribution in [0.5, 0.6) is 0 Å². The van der Waals surface area contributed by atoms with Crippen LogP contribution >= 0.6 is 0 Å². The van der Waals surface area contributed by atoms with E-state index >= 15 is 0 Å². The van der Waals surface area contributed by atoms with Crippen LogP contribution in [0.4, 0.5) is 0 Å². The zero-order chi connectivity index (χ0) is 16.9. The third kappa shape index (κ3) is 8.01. The van der Waals surface area contributed by atoms with Gasteiger partial charge in [0.1, 0.15) is 0 Å². The van der Waals surface area contributed by atoms with E-state index in [4.69, 9.17) is 5.11 Å². The van der Waals surface area contributed by atoms with Crippen LogP contribution in [0.2, 0.25) is 0 Å². The van der Waals surface area contributed by atoms with E-state index in [1.165, 1.54) is 68.6 Å². The van der Waals surface area contributed by atoms with E-state index in [1.54, 1.807) is 6.08 Å². The minimum atomic E-state index is -0.879. The number of carboxylic acids is 1. The Bertz CT molecular complexity index is 489. The van der Waals surface area contributed by atoms with E-state index in [0.717, 1.165) is 18.4 Å². The van der Waals surface area contributed by atoms with Crippen LogP contribution in [0.3, 0.4) is 0 Å². The fourth-order valence-electron chi connectivity index (χ4n) is 2.98. The molecule has 1 aromatic rings. The molecule has 0 aromatic heterocycles. The van der Waals surface area contributed by atoms with Gasteiger partial charge in [-0.05, 0) is 48.4 Å². The maximum absolute atomic E-state index is 10.8. The first-order chi connectivity index (χ1) is 11.2. The van der Waals surface area contributed by atoms with Crippen molar-refractivity contribution in [3.63, 3.8) is 0 Å². The number of hydrogen-bond acceptors (Lipinski definition) is 1. The fraction of sp³-hybridized carbons (Fsp3) is 0.571. The maximum Gasteiger partial charge on any atom is 0.328 e. The van der Waals surface area contributed by atoms with E-state index < -0.39 is 5.97 Å². The molecule has 1 aromatic carbocycles. The molecule has 0 radical (unpaired) electrons. The van der Waals surface area contributed by atoms with Crippen molar-refractivity contribution in [2.24, 2.45) is 0 Å². The Balaban J connectivity index is 2.83. The Morgan fingerprint density at radius 3 is 2.22 bits per heavy atom. The molecule has 0 aliphatic carbocycles. The van der Waals surface area contributed by atoms with Crippen molar-refractivity contribution in [2.75, 3.05) is 0 Å². The second-order valence-electron chi connectivity index (χ2n) is 6.28. The second-order valence-corrected chi connectivity index (χ2v) is 6.28. The highest BCUT2D eigenvalue weighted by Crippen LogP contribution is 2.22. The lowest BCUT2D eigenvalue weighted by atomic mass is 9.92. The molecule has 0 unspecified atom stereocenters. The van der Waals surface area contributed by atoms with Gasteiger partial charge in [0.25, 0.3) is 0 Å². The number of unbranched alkanes of at least 4 members (excludes halogenated alkanes) is 6. The molecule has 0 saturated heterocycles. The molecular weight excluding hydrogens is 284 g/mol. The minimum Gasteiger partial charge on any atom is -0.478 e. The van der Waals surface area contributed by atoms with Crippen LogP contribution in [0, 0.1) is 0 Å². The van der Waals surface area contributed by atoms with E-state index in [-0.39, 0.29) is 0 Å². The number of carboxylic acid groups (broad SMARTS) is 1. The normalized spacial score (nSPS) is 11.2. The first-order valence-electron chi connectivity index (χ1n) is 9.20. The van der Waals surface area contributed by atoms with Crippen molar-refractivity contribution in [1.29, 1.82) is 0 Å². The van der Waals surface area contributed by atoms with E-state index in [0.29, 0.717) is 0 Å². The average Bonchev–Trinajstić information content (AvgIpc) is 2.54. The van der Waals surface area contributed by atoms with Gasteiger partial charge in [0.2, 0.25) is 0 Å². The SMILES string of the molecule is CCCCCCc1cccc(/C=C/C(=O)O)c1CCCCCC. The molecule has 0 fully saturated rings. The summed E-state index contributed by atoms with van der Waals surface area (Å²) < 4.78 is 0. The topological polar surface area (TPSA) is 37.3 Å². The highest BCUT2D eigenvalue weighted by molar-refractivity contribution is 5.85. The molecular formula is C21H32O2. The van der Waals surface area contributed by atoms with Gasteiger partial charge in [-0.3, -0.25) is 0 Å². The van der Waals surface area contributed by atoms with Gasteiger partial charge in [0, 0.05) is 6.08 Å². The summed E-state index contributed by atoms with van der Waals surface area (Å²) in [5.41, 5.74) is 3.85. The van der Waals surface area contributed by atoms with Crippen molar-refractivity contribution < 1.29 is 9.90 Å². The average molecular weight is 316 g/mol. The molecule has 1 rings (SSSR count). The summed E-state index contributed by atoms with van der Waals surface area (Å²) in [6, 6.07) is 6.33. The quantitative estimate of drug-likeness (QED) is 0.377. The van der Waals surface area contributed by atoms with Gasteiger partial charge in [0.15, 0.2) is 0 Å². The summed E-state index contributed by atoms with van der Waals surface area (Å²) in [6.45, 7) is 4.46. The third-order valence-electron chi connectivity index (χ3n) is 4.29. The monoisotopic (exact) mass is 316 g/mol. The number of aliphatic carboxylic acids is 1. The van der Waals surface area contributed by atoms with Crippen LogP contribution in [-0.4, -0.2) is 11.1 Å². The Morgan fingerprint density at radius 2 is 1.61 bits per heavy atom. The van der Waals surface area contributed by atoms with Crippen molar-refractivity contribution >= 4 is 12.0 Å². The molecule has 0 saturated carbocycles. The Morgan fingerprint density at radius 1 is 0.957 bits per heavy atom. The van der Waals surface area contributed by atoms with Crippen molar-refractivity contribution in [2.45, 2.75) is 78.1 Å². The van der Waals surface area contributed by atoms with Gasteiger partial charge >= 0.3 is 5.97 Å². The predicted molar refractivity (Wildman–Crippen MR) is 98.8 cm³/mol. The van der Waals surface area contributed by atoms with E-state index in [2.05, 4.69) is 26.0 Å². The zero-order valence-corrected chi connectivity index (χ0v) is 14.8. The molecule has 0 atom stereocenters. The Hall–Kier alpha value is -1.57. The van der Waals surface area contributed by atoms with Gasteiger partial charge in [-0.1, -0.05) is 70.6 Å². The lowest BCUT2D eigenvalue weighted by Gasteiger charge is -2.13. The number of aryl methyl sites for hydroxylation is 1. The van der Waals surface area contributed by atoms with Crippen LogP contribution in [0.15, 0.2) is 24.3 Å². The number of benzene rings is 1. The number of carbonyl (C=O) groups is 1. The standard InChI is InChI=1S/C21H32O2/c1-3-5-7-9-12-18-13-11-14-19(16-17-21(22)23)20(18)15-10-8-6-4-2/h11,13-14,16-17H,3-10,12,15H2,1-2H3,(H,22,23)/b17-16+. The van der Waals surface area contributed by atoms with Crippen LogP contribution in [-0.2, 0) is 17.6 Å². The maximum atomic E-state index is 10.8. The zero-order valence-electron chi connectivity index (χ0n) is 14.8. The summed E-state index contributed by atoms with van der Waals surface area (Å²) in [5, 5.41) is 8.89. The summed E-state index contributed by atoms with van der Waals surface area (Å²) in [5.74, 6) is -0.879. The largest absolute Gasteiger partial charge is 0.478 e. The van der Waals surface area contributed by atoms with Crippen LogP contribution in [0.25, 0.3) is 6.08 Å². The molecule has 128 valence electrons. The molecule has 0 amide bonds. The summed E-state index contributed by atoms with van der Waals surface area (Å²) in [6.07, 6.45) is 15.2. The molecule has 0 bridgehead atoms. The van der Waals surface area contributed by atoms with Crippen LogP contribution in [0.1, 0.15) is 81.9 Å². The lowest BCUT2D eigenvalue weighted by molar-refractivity contribution is -0.131. The molecule has 2 nitrogen and oxygen atoms in total. The second kappa shape index (κ2) is 11.9. The first-order valence-corrected chi connectivity index (χ1v) is 9.20. The Labute approximate surface area is 141 Å². The number of rotatable bonds is 12. The first kappa shape index (κ1) is 19.5. The molecule has 23 heavy (non-hydrogen) atoms. The summed E-state index contributed by atoms with van der Waals surface area (Å²) in [7, 11) is 0. The molecule has 0 heterocycles. The fourth-order valence-corrected chi connectivity index (χ4v) is 2.98. The smallest absolute Gasteiger partial charge is 0.328 e. The van der Waals surface area contributed by atoms with E-state index in [9.17, 15) is 4.79 Å². The van der Waals surface area contributed by atoms with Gasteiger partial charge in [-0.25, -0.2) is 4.79 Å². The highest BCUT2D eigenvalue weighted by Gasteiger charge is 2.07. The molecule has 0 aliphatic heterocycles. The van der Waals surface area contributed by atoms with Crippen LogP contribution < -0.4 is 0 Å². The van der Waals surface area contributed by atoms with E-state index in [1.807, 2.05) is 6.07 Å². The number of hydrogen-bond donors (Lipinski definition) is 1. The van der Waals surface area contributed by atoms with Crippen molar-refractivity contribution in [3.8, 4) is 0 Å². The predicted octanol–water partition coefficient (Wildman–Crippen LogP) is 6.03. The highest BCUT2D eigenvalue weighted by atomic mass is 16.4. The molecule has 2 heteroatoms. The minimum absolute atomic E-state index is 0.879. The summed E-state index contributed by atoms with van der Waals surface area (Å²) in [4.78, 5) is 10.8. The van der Waals surface area contributed by atoms with Gasteiger partial charge < -0.3 is 5.11 Å². The molecule has 1 N–H and O–H groups in total. The van der Waals surface area contributed by atoms with Gasteiger partial charge in [0.05, 0.1) is 0 Å². The van der Waals surface area contributed by atoms with Gasteiger partial charge in [-0.15, -0.1) is 0 Å². The van der Waals surface area contributed by atoms with Gasteiger partial charge in [-0.2, -0.15) is 0 Å². The third-order valence-corrected chi connectivity index (χ3v) is 4.29. The summed E-state index contributed by atoms with van der Waals surface area (Å²) >= 11 is 0. The molecule has 0 spiro atoms. The Kier molecular flexibility index (Phi) is 10.1. The lowest BCUT2D eigenvalue weighted by Crippen LogP contribution is -1.99. The van der Waals surface area contributed by atoms with Crippen molar-refractivity contribution in [3.05, 3.63) is 41.0 Å². The molecule has 0 aliphatic rings. The van der Waals surface area contributed by atoms with Crippen molar-refractivity contribution in [1.82, 2.24) is 0 Å².